The van der Waals surface area contributed by atoms with Gasteiger partial charge in [0.05, 0.1) is 6.61 Å². The van der Waals surface area contributed by atoms with Gasteiger partial charge in [-0.2, -0.15) is 0 Å². The van der Waals surface area contributed by atoms with Gasteiger partial charge in [-0.15, -0.1) is 0 Å². The van der Waals surface area contributed by atoms with Gasteiger partial charge < -0.3 is 14.8 Å². The SMILES string of the molecule is CNC(=O)NC(=O)C(C)OC(=O)CCCOc1ccc(C)cc1. The van der Waals surface area contributed by atoms with Crippen LogP contribution in [0.25, 0.3) is 0 Å². The Kier molecular flexibility index (Phi) is 7.59. The maximum absolute atomic E-state index is 11.6. The van der Waals surface area contributed by atoms with E-state index in [0.717, 1.165) is 11.3 Å². The number of esters is 1. The fraction of sp³-hybridized carbons (Fsp3) is 0.438. The lowest BCUT2D eigenvalue weighted by Crippen LogP contribution is -2.43. The number of nitrogens with one attached hydrogen (secondary N) is 2. The highest BCUT2D eigenvalue weighted by atomic mass is 16.5. The molecule has 0 aromatic heterocycles. The normalized spacial score (nSPS) is 11.3. The summed E-state index contributed by atoms with van der Waals surface area (Å²) in [4.78, 5) is 34.1. The van der Waals surface area contributed by atoms with Crippen molar-refractivity contribution in [1.29, 1.82) is 0 Å². The number of hydrogen-bond donors (Lipinski definition) is 2. The Balaban J connectivity index is 2.22. The van der Waals surface area contributed by atoms with Crippen LogP contribution in [0, 0.1) is 6.92 Å². The predicted molar refractivity (Wildman–Crippen MR) is 84.1 cm³/mol. The van der Waals surface area contributed by atoms with Gasteiger partial charge in [-0.25, -0.2) is 4.79 Å². The molecule has 1 aromatic carbocycles. The number of imide groups is 1. The van der Waals surface area contributed by atoms with Gasteiger partial charge in [-0.3, -0.25) is 14.9 Å². The van der Waals surface area contributed by atoms with Crippen LogP contribution >= 0.6 is 0 Å². The standard InChI is InChI=1S/C16H22N2O5/c1-11-6-8-13(9-7-11)22-10-4-5-14(19)23-12(2)15(20)18-16(21)17-3/h6-9,12H,4-5,10H2,1-3H3,(H2,17,18,20,21). The lowest BCUT2D eigenvalue weighted by Gasteiger charge is -2.12. The van der Waals surface area contributed by atoms with Crippen LogP contribution in [0.1, 0.15) is 25.3 Å². The molecule has 1 unspecified atom stereocenters. The maximum atomic E-state index is 11.6. The van der Waals surface area contributed by atoms with Crippen molar-refractivity contribution in [2.75, 3.05) is 13.7 Å². The summed E-state index contributed by atoms with van der Waals surface area (Å²) in [6, 6.07) is 6.95. The molecule has 23 heavy (non-hydrogen) atoms. The van der Waals surface area contributed by atoms with Crippen molar-refractivity contribution in [2.24, 2.45) is 0 Å². The van der Waals surface area contributed by atoms with Crippen molar-refractivity contribution in [3.63, 3.8) is 0 Å². The number of ether oxygens (including phenoxy) is 2. The van der Waals surface area contributed by atoms with Gasteiger partial charge in [0.1, 0.15) is 5.75 Å². The maximum Gasteiger partial charge on any atom is 0.321 e. The molecule has 0 aliphatic heterocycles. The third kappa shape index (κ3) is 7.30. The van der Waals surface area contributed by atoms with Crippen molar-refractivity contribution >= 4 is 17.9 Å². The van der Waals surface area contributed by atoms with Crippen LogP contribution in [-0.4, -0.2) is 37.7 Å². The van der Waals surface area contributed by atoms with Crippen LogP contribution < -0.4 is 15.4 Å². The first-order valence-corrected chi connectivity index (χ1v) is 7.34. The van der Waals surface area contributed by atoms with Gasteiger partial charge >= 0.3 is 12.0 Å². The fourth-order valence-electron chi connectivity index (χ4n) is 1.63. The van der Waals surface area contributed by atoms with E-state index < -0.39 is 24.0 Å². The molecule has 1 rings (SSSR count). The smallest absolute Gasteiger partial charge is 0.321 e. The second-order valence-corrected chi connectivity index (χ2v) is 4.97. The summed E-state index contributed by atoms with van der Waals surface area (Å²) in [5.74, 6) is -0.451. The van der Waals surface area contributed by atoms with E-state index in [1.807, 2.05) is 36.5 Å². The number of rotatable bonds is 7. The molecule has 0 aliphatic carbocycles. The second kappa shape index (κ2) is 9.45. The van der Waals surface area contributed by atoms with Crippen molar-refractivity contribution in [2.45, 2.75) is 32.8 Å². The monoisotopic (exact) mass is 322 g/mol. The summed E-state index contributed by atoms with van der Waals surface area (Å²) in [7, 11) is 1.38. The number of carbonyl (C=O) groups is 3. The topological polar surface area (TPSA) is 93.7 Å². The zero-order valence-electron chi connectivity index (χ0n) is 13.5. The Bertz CT molecular complexity index is 542. The molecule has 0 spiro atoms. The fourth-order valence-corrected chi connectivity index (χ4v) is 1.63. The van der Waals surface area contributed by atoms with Crippen LogP contribution in [0.5, 0.6) is 5.75 Å². The highest BCUT2D eigenvalue weighted by molar-refractivity contribution is 5.96. The van der Waals surface area contributed by atoms with E-state index in [9.17, 15) is 14.4 Å². The summed E-state index contributed by atoms with van der Waals surface area (Å²) in [6.45, 7) is 3.76. The molecule has 7 nitrogen and oxygen atoms in total. The lowest BCUT2D eigenvalue weighted by atomic mass is 10.2. The Hall–Kier alpha value is -2.57. The molecule has 0 aliphatic rings. The van der Waals surface area contributed by atoms with E-state index in [0.29, 0.717) is 13.0 Å². The Morgan fingerprint density at radius 2 is 1.83 bits per heavy atom. The van der Waals surface area contributed by atoms with Crippen molar-refractivity contribution in [3.05, 3.63) is 29.8 Å². The molecule has 1 atom stereocenters. The summed E-state index contributed by atoms with van der Waals surface area (Å²) in [5, 5.41) is 4.27. The minimum atomic E-state index is -1.03. The minimum Gasteiger partial charge on any atom is -0.494 e. The molecule has 126 valence electrons. The molecule has 0 heterocycles. The zero-order valence-corrected chi connectivity index (χ0v) is 13.5. The Labute approximate surface area is 135 Å². The van der Waals surface area contributed by atoms with E-state index in [1.165, 1.54) is 14.0 Å². The van der Waals surface area contributed by atoms with E-state index >= 15 is 0 Å². The number of hydrogen-bond acceptors (Lipinski definition) is 5. The molecule has 0 radical (unpaired) electrons. The van der Waals surface area contributed by atoms with Gasteiger partial charge in [0.25, 0.3) is 5.91 Å². The van der Waals surface area contributed by atoms with Crippen LogP contribution in [0.2, 0.25) is 0 Å². The molecule has 2 N–H and O–H groups in total. The Morgan fingerprint density at radius 3 is 2.43 bits per heavy atom. The number of benzene rings is 1. The minimum absolute atomic E-state index is 0.128. The summed E-state index contributed by atoms with van der Waals surface area (Å²) < 4.78 is 10.4. The molecule has 0 bridgehead atoms. The Morgan fingerprint density at radius 1 is 1.17 bits per heavy atom. The molecular weight excluding hydrogens is 300 g/mol. The first kappa shape index (κ1) is 18.5. The van der Waals surface area contributed by atoms with Gasteiger partial charge in [-0.05, 0) is 32.4 Å². The zero-order chi connectivity index (χ0) is 17.2. The van der Waals surface area contributed by atoms with Crippen molar-refractivity contribution in [1.82, 2.24) is 10.6 Å². The average molecular weight is 322 g/mol. The number of aryl methyl sites for hydroxylation is 1. The number of carbonyl (C=O) groups excluding carboxylic acids is 3. The third-order valence-corrected chi connectivity index (χ3v) is 2.96. The summed E-state index contributed by atoms with van der Waals surface area (Å²) in [5.41, 5.74) is 1.14. The second-order valence-electron chi connectivity index (χ2n) is 4.97. The largest absolute Gasteiger partial charge is 0.494 e. The van der Waals surface area contributed by atoms with Crippen molar-refractivity contribution in [3.8, 4) is 5.75 Å². The van der Waals surface area contributed by atoms with Crippen LogP contribution in [0.4, 0.5) is 4.79 Å². The number of urea groups is 1. The van der Waals surface area contributed by atoms with Gasteiger partial charge in [0, 0.05) is 13.5 Å². The predicted octanol–water partition coefficient (Wildman–Crippen LogP) is 1.54. The molecule has 1 aromatic rings. The highest BCUT2D eigenvalue weighted by Gasteiger charge is 2.19. The highest BCUT2D eigenvalue weighted by Crippen LogP contribution is 2.12. The van der Waals surface area contributed by atoms with Crippen molar-refractivity contribution < 1.29 is 23.9 Å². The van der Waals surface area contributed by atoms with Crippen LogP contribution in [-0.2, 0) is 14.3 Å². The molecule has 3 amide bonds. The first-order chi connectivity index (χ1) is 10.9. The van der Waals surface area contributed by atoms with Crippen LogP contribution in [0.3, 0.4) is 0 Å². The van der Waals surface area contributed by atoms with Gasteiger partial charge in [0.15, 0.2) is 6.10 Å². The van der Waals surface area contributed by atoms with E-state index in [4.69, 9.17) is 9.47 Å². The summed E-state index contributed by atoms with van der Waals surface area (Å²) in [6.07, 6.45) is -0.433. The average Bonchev–Trinajstić information content (AvgIpc) is 2.52. The van der Waals surface area contributed by atoms with Gasteiger partial charge in [0.2, 0.25) is 0 Å². The molecular formula is C16H22N2O5. The van der Waals surface area contributed by atoms with Gasteiger partial charge in [-0.1, -0.05) is 17.7 Å². The van der Waals surface area contributed by atoms with Crippen LogP contribution in [0.15, 0.2) is 24.3 Å². The van der Waals surface area contributed by atoms with E-state index in [2.05, 4.69) is 5.32 Å². The summed E-state index contributed by atoms with van der Waals surface area (Å²) >= 11 is 0. The molecule has 0 fully saturated rings. The lowest BCUT2D eigenvalue weighted by molar-refractivity contribution is -0.154. The quantitative estimate of drug-likeness (QED) is 0.587. The number of amides is 3. The van der Waals surface area contributed by atoms with E-state index in [1.54, 1.807) is 0 Å². The molecule has 7 heteroatoms. The first-order valence-electron chi connectivity index (χ1n) is 7.34. The van der Waals surface area contributed by atoms with E-state index in [-0.39, 0.29) is 6.42 Å². The molecule has 0 saturated heterocycles. The third-order valence-electron chi connectivity index (χ3n) is 2.96. The molecule has 0 saturated carbocycles.